The number of carboxylic acids is 1. The summed E-state index contributed by atoms with van der Waals surface area (Å²) in [5, 5.41) is 11.2. The molecular weight excluding hydrogens is 394 g/mol. The van der Waals surface area contributed by atoms with Crippen LogP contribution in [0, 0.1) is 0 Å². The average Bonchev–Trinajstić information content (AvgIpc) is 2.73. The molecule has 3 aromatic rings. The fraction of sp³-hybridized carbons (Fsp3) is 0.360. The lowest BCUT2D eigenvalue weighted by Gasteiger charge is -2.28. The summed E-state index contributed by atoms with van der Waals surface area (Å²) in [4.78, 5) is 25.4. The van der Waals surface area contributed by atoms with E-state index in [1.165, 1.54) is 4.57 Å². The molecule has 2 aromatic carbocycles. The highest BCUT2D eigenvalue weighted by atomic mass is 16.5. The molecule has 0 saturated heterocycles. The largest absolute Gasteiger partial charge is 0.494 e. The van der Waals surface area contributed by atoms with Crippen molar-refractivity contribution in [1.29, 1.82) is 0 Å². The molecule has 1 heterocycles. The molecule has 0 aliphatic heterocycles. The van der Waals surface area contributed by atoms with Crippen molar-refractivity contribution >= 4 is 16.7 Å². The van der Waals surface area contributed by atoms with Crippen molar-refractivity contribution < 1.29 is 19.4 Å². The lowest BCUT2D eigenvalue weighted by molar-refractivity contribution is -0.161. The highest BCUT2D eigenvalue weighted by Crippen LogP contribution is 2.37. The molecule has 0 fully saturated rings. The number of aromatic nitrogens is 1. The quantitative estimate of drug-likeness (QED) is 0.583. The first-order chi connectivity index (χ1) is 14.6. The topological polar surface area (TPSA) is 77.8 Å². The first kappa shape index (κ1) is 22.6. The van der Waals surface area contributed by atoms with E-state index in [1.54, 1.807) is 40.0 Å². The maximum Gasteiger partial charge on any atom is 0.339 e. The molecular formula is C25H29NO5. The third-order valence-corrected chi connectivity index (χ3v) is 4.91. The molecule has 6 heteroatoms. The fourth-order valence-corrected chi connectivity index (χ4v) is 3.61. The van der Waals surface area contributed by atoms with Gasteiger partial charge in [0.25, 0.3) is 5.56 Å². The van der Waals surface area contributed by atoms with Gasteiger partial charge in [0.2, 0.25) is 0 Å². The molecule has 0 spiro atoms. The Morgan fingerprint density at radius 2 is 1.68 bits per heavy atom. The van der Waals surface area contributed by atoms with E-state index in [2.05, 4.69) is 0 Å². The summed E-state index contributed by atoms with van der Waals surface area (Å²) in [6.45, 7) is 8.04. The molecule has 0 radical (unpaired) electrons. The van der Waals surface area contributed by atoms with Gasteiger partial charge < -0.3 is 19.1 Å². The number of ether oxygens (including phenoxy) is 2. The number of hydrogen-bond donors (Lipinski definition) is 1. The van der Waals surface area contributed by atoms with Crippen LogP contribution in [0.4, 0.5) is 0 Å². The Hall–Kier alpha value is -3.12. The molecule has 1 N–H and O–H groups in total. The zero-order valence-electron chi connectivity index (χ0n) is 18.6. The van der Waals surface area contributed by atoms with Crippen LogP contribution in [-0.2, 0) is 16.6 Å². The number of rotatable bonds is 7. The van der Waals surface area contributed by atoms with Crippen molar-refractivity contribution in [3.05, 3.63) is 64.6 Å². The molecule has 6 nitrogen and oxygen atoms in total. The molecule has 0 saturated carbocycles. The van der Waals surface area contributed by atoms with Gasteiger partial charge in [-0.15, -0.1) is 0 Å². The van der Waals surface area contributed by atoms with Crippen LogP contribution in [0.5, 0.6) is 5.75 Å². The zero-order valence-corrected chi connectivity index (χ0v) is 18.6. The Bertz CT molecular complexity index is 1140. The summed E-state index contributed by atoms with van der Waals surface area (Å²) in [5.41, 5.74) is 0.778. The monoisotopic (exact) mass is 423 g/mol. The van der Waals surface area contributed by atoms with Gasteiger partial charge in [-0.1, -0.05) is 37.3 Å². The number of nitrogens with zero attached hydrogens (tertiary/aromatic N) is 1. The maximum atomic E-state index is 13.1. The molecule has 0 aliphatic carbocycles. The Morgan fingerprint density at radius 3 is 2.23 bits per heavy atom. The third kappa shape index (κ3) is 4.80. The molecule has 3 rings (SSSR count). The SMILES string of the molecule is CCCOc1ccc(-c2c(C(OC(C)(C)C)C(=O)O)n(C)c(=O)c3ccccc23)cc1. The Kier molecular flexibility index (Phi) is 6.51. The normalized spacial score (nSPS) is 12.7. The minimum absolute atomic E-state index is 0.263. The summed E-state index contributed by atoms with van der Waals surface area (Å²) < 4.78 is 13.0. The van der Waals surface area contributed by atoms with Crippen LogP contribution in [0.15, 0.2) is 53.3 Å². The lowest BCUT2D eigenvalue weighted by atomic mass is 9.94. The fourth-order valence-electron chi connectivity index (χ4n) is 3.61. The van der Waals surface area contributed by atoms with Gasteiger partial charge in [-0.05, 0) is 56.3 Å². The van der Waals surface area contributed by atoms with Gasteiger partial charge in [-0.25, -0.2) is 4.79 Å². The van der Waals surface area contributed by atoms with Crippen molar-refractivity contribution in [2.45, 2.75) is 45.8 Å². The van der Waals surface area contributed by atoms with Gasteiger partial charge in [0, 0.05) is 18.0 Å². The van der Waals surface area contributed by atoms with Gasteiger partial charge in [0.15, 0.2) is 6.10 Å². The van der Waals surface area contributed by atoms with Gasteiger partial charge in [-0.3, -0.25) is 4.79 Å². The minimum Gasteiger partial charge on any atom is -0.494 e. The Morgan fingerprint density at radius 1 is 1.06 bits per heavy atom. The molecule has 1 unspecified atom stereocenters. The van der Waals surface area contributed by atoms with Crippen LogP contribution in [0.25, 0.3) is 21.9 Å². The summed E-state index contributed by atoms with van der Waals surface area (Å²) in [6.07, 6.45) is -0.407. The lowest BCUT2D eigenvalue weighted by Crippen LogP contribution is -2.32. The van der Waals surface area contributed by atoms with Crippen molar-refractivity contribution in [2.75, 3.05) is 6.61 Å². The molecule has 0 amide bonds. The molecule has 0 aliphatic rings. The van der Waals surface area contributed by atoms with Crippen LogP contribution >= 0.6 is 0 Å². The van der Waals surface area contributed by atoms with E-state index >= 15 is 0 Å². The highest BCUT2D eigenvalue weighted by Gasteiger charge is 2.32. The maximum absolute atomic E-state index is 13.1. The highest BCUT2D eigenvalue weighted by molar-refractivity contribution is 5.98. The number of pyridine rings is 1. The second-order valence-electron chi connectivity index (χ2n) is 8.49. The first-order valence-electron chi connectivity index (χ1n) is 10.4. The van der Waals surface area contributed by atoms with E-state index in [0.717, 1.165) is 17.7 Å². The van der Waals surface area contributed by atoms with E-state index in [-0.39, 0.29) is 5.56 Å². The van der Waals surface area contributed by atoms with Crippen LogP contribution in [0.3, 0.4) is 0 Å². The second kappa shape index (κ2) is 8.94. The predicted molar refractivity (Wildman–Crippen MR) is 122 cm³/mol. The van der Waals surface area contributed by atoms with Crippen LogP contribution < -0.4 is 10.3 Å². The van der Waals surface area contributed by atoms with Gasteiger partial charge in [-0.2, -0.15) is 0 Å². The van der Waals surface area contributed by atoms with Crippen LogP contribution in [-0.4, -0.2) is 27.9 Å². The van der Waals surface area contributed by atoms with Crippen molar-refractivity contribution in [2.24, 2.45) is 7.05 Å². The molecule has 31 heavy (non-hydrogen) atoms. The number of carboxylic acid groups (broad SMARTS) is 1. The number of hydrogen-bond acceptors (Lipinski definition) is 4. The summed E-state index contributed by atoms with van der Waals surface area (Å²) in [6, 6.07) is 14.7. The van der Waals surface area contributed by atoms with E-state index in [0.29, 0.717) is 28.6 Å². The number of carbonyl (C=O) groups is 1. The Labute approximate surface area is 182 Å². The van der Waals surface area contributed by atoms with Gasteiger partial charge in [0.1, 0.15) is 5.75 Å². The van der Waals surface area contributed by atoms with Gasteiger partial charge in [0.05, 0.1) is 17.9 Å². The van der Waals surface area contributed by atoms with E-state index in [4.69, 9.17) is 9.47 Å². The molecule has 0 bridgehead atoms. The summed E-state index contributed by atoms with van der Waals surface area (Å²) in [7, 11) is 1.59. The second-order valence-corrected chi connectivity index (χ2v) is 8.49. The van der Waals surface area contributed by atoms with Crippen molar-refractivity contribution in [3.8, 4) is 16.9 Å². The first-order valence-corrected chi connectivity index (χ1v) is 10.4. The average molecular weight is 424 g/mol. The zero-order chi connectivity index (χ0) is 22.8. The number of fused-ring (bicyclic) bond motifs is 1. The number of benzene rings is 2. The van der Waals surface area contributed by atoms with E-state index in [1.807, 2.05) is 43.3 Å². The molecule has 1 aromatic heterocycles. The number of aliphatic carboxylic acids is 1. The molecule has 1 atom stereocenters. The summed E-state index contributed by atoms with van der Waals surface area (Å²) in [5.74, 6) is -0.411. The predicted octanol–water partition coefficient (Wildman–Crippen LogP) is 4.94. The van der Waals surface area contributed by atoms with Gasteiger partial charge >= 0.3 is 5.97 Å². The van der Waals surface area contributed by atoms with E-state index < -0.39 is 17.7 Å². The van der Waals surface area contributed by atoms with Crippen LogP contribution in [0.1, 0.15) is 45.9 Å². The van der Waals surface area contributed by atoms with Crippen molar-refractivity contribution in [1.82, 2.24) is 4.57 Å². The third-order valence-electron chi connectivity index (χ3n) is 4.91. The minimum atomic E-state index is -1.31. The standard InChI is InChI=1S/C25H29NO5/c1-6-15-30-17-13-11-16(12-14-17)20-18-9-7-8-10-19(18)23(27)26(5)21(20)22(24(28)29)31-25(2,3)4/h7-14,22H,6,15H2,1-5H3,(H,28,29). The smallest absolute Gasteiger partial charge is 0.339 e. The van der Waals surface area contributed by atoms with Crippen molar-refractivity contribution in [3.63, 3.8) is 0 Å². The Balaban J connectivity index is 2.32. The van der Waals surface area contributed by atoms with E-state index in [9.17, 15) is 14.7 Å². The summed E-state index contributed by atoms with van der Waals surface area (Å²) >= 11 is 0. The molecule has 164 valence electrons. The van der Waals surface area contributed by atoms with Crippen LogP contribution in [0.2, 0.25) is 0 Å².